The Kier molecular flexibility index (Phi) is 6.87. The molecule has 0 spiro atoms. The van der Waals surface area contributed by atoms with Gasteiger partial charge in [-0.1, -0.05) is 26.8 Å². The molecule has 2 atom stereocenters. The van der Waals surface area contributed by atoms with Gasteiger partial charge in [-0.2, -0.15) is 0 Å². The van der Waals surface area contributed by atoms with E-state index in [1.165, 1.54) is 0 Å². The van der Waals surface area contributed by atoms with Crippen LogP contribution in [-0.2, 0) is 0 Å². The van der Waals surface area contributed by atoms with Gasteiger partial charge in [0, 0.05) is 4.88 Å². The second-order valence-corrected chi connectivity index (χ2v) is 6.08. The fourth-order valence-corrected chi connectivity index (χ4v) is 2.86. The summed E-state index contributed by atoms with van der Waals surface area (Å²) < 4.78 is 0. The van der Waals surface area contributed by atoms with Gasteiger partial charge in [-0.15, -0.1) is 11.3 Å². The van der Waals surface area contributed by atoms with Crippen molar-refractivity contribution in [1.82, 2.24) is 10.6 Å². The van der Waals surface area contributed by atoms with Crippen LogP contribution in [0.5, 0.6) is 0 Å². The van der Waals surface area contributed by atoms with E-state index in [0.717, 1.165) is 17.7 Å². The summed E-state index contributed by atoms with van der Waals surface area (Å²) in [5.41, 5.74) is 0. The maximum Gasteiger partial charge on any atom is 0.315 e. The summed E-state index contributed by atoms with van der Waals surface area (Å²) in [4.78, 5) is 13.1. The molecule has 2 amide bonds. The molecule has 1 rings (SSSR count). The minimum atomic E-state index is -0.208. The zero-order valence-electron chi connectivity index (χ0n) is 11.8. The van der Waals surface area contributed by atoms with Crippen LogP contribution < -0.4 is 10.6 Å². The van der Waals surface area contributed by atoms with E-state index >= 15 is 0 Å². The van der Waals surface area contributed by atoms with Crippen LogP contribution in [0.15, 0.2) is 17.5 Å². The third kappa shape index (κ3) is 5.61. The molecule has 1 aromatic heterocycles. The Hall–Kier alpha value is -1.07. The van der Waals surface area contributed by atoms with Gasteiger partial charge in [-0.05, 0) is 30.2 Å². The minimum absolute atomic E-state index is 0.0264. The highest BCUT2D eigenvalue weighted by Gasteiger charge is 2.17. The molecule has 0 bridgehead atoms. The highest BCUT2D eigenvalue weighted by Crippen LogP contribution is 2.21. The van der Waals surface area contributed by atoms with E-state index in [0.29, 0.717) is 5.92 Å². The smallest absolute Gasteiger partial charge is 0.315 e. The summed E-state index contributed by atoms with van der Waals surface area (Å²) in [6.07, 6.45) is 1.63. The molecular weight excluding hydrogens is 260 g/mol. The number of nitrogens with one attached hydrogen (secondary N) is 2. The van der Waals surface area contributed by atoms with Gasteiger partial charge in [0.1, 0.15) is 0 Å². The fourth-order valence-electron chi connectivity index (χ4n) is 2.00. The monoisotopic (exact) mass is 284 g/mol. The molecule has 0 saturated carbocycles. The number of urea groups is 1. The average Bonchev–Trinajstić information content (AvgIpc) is 2.88. The van der Waals surface area contributed by atoms with Crippen molar-refractivity contribution >= 4 is 17.4 Å². The van der Waals surface area contributed by atoms with E-state index in [1.807, 2.05) is 24.4 Å². The molecular formula is C14H24N2O2S. The van der Waals surface area contributed by atoms with Gasteiger partial charge >= 0.3 is 6.03 Å². The Balaban J connectivity index is 2.48. The van der Waals surface area contributed by atoms with Crippen LogP contribution in [0.4, 0.5) is 4.79 Å². The number of hydrogen-bond acceptors (Lipinski definition) is 3. The first-order valence-corrected chi connectivity index (χ1v) is 7.66. The maximum atomic E-state index is 11.9. The summed E-state index contributed by atoms with van der Waals surface area (Å²) in [6.45, 7) is 6.16. The van der Waals surface area contributed by atoms with E-state index in [1.54, 1.807) is 11.3 Å². The minimum Gasteiger partial charge on any atom is -0.394 e. The van der Waals surface area contributed by atoms with Crippen molar-refractivity contribution in [2.24, 2.45) is 5.92 Å². The molecule has 0 saturated heterocycles. The van der Waals surface area contributed by atoms with Crippen molar-refractivity contribution in [2.75, 3.05) is 6.61 Å². The third-order valence-electron chi connectivity index (χ3n) is 2.91. The summed E-state index contributed by atoms with van der Waals surface area (Å²) in [6, 6.07) is 3.66. The number of carbonyl (C=O) groups is 1. The SMILES string of the molecule is CC[C@H](NC(=O)N[C@H](CO)CC(C)C)c1cccs1. The van der Waals surface area contributed by atoms with Gasteiger partial charge in [0.2, 0.25) is 0 Å². The lowest BCUT2D eigenvalue weighted by molar-refractivity contribution is 0.204. The van der Waals surface area contributed by atoms with Crippen LogP contribution in [0.25, 0.3) is 0 Å². The van der Waals surface area contributed by atoms with Crippen LogP contribution >= 0.6 is 11.3 Å². The lowest BCUT2D eigenvalue weighted by Crippen LogP contribution is -2.45. The molecule has 1 aromatic rings. The first-order chi connectivity index (χ1) is 9.06. The van der Waals surface area contributed by atoms with Gasteiger partial charge in [0.25, 0.3) is 0 Å². The standard InChI is InChI=1S/C14H24N2O2S/c1-4-12(13-6-5-7-19-13)16-14(18)15-11(9-17)8-10(2)3/h5-7,10-12,17H,4,8-9H2,1-3H3,(H2,15,16,18)/t11-,12-/m0/s1. The molecule has 3 N–H and O–H groups in total. The van der Waals surface area contributed by atoms with Crippen molar-refractivity contribution < 1.29 is 9.90 Å². The number of thiophene rings is 1. The molecule has 19 heavy (non-hydrogen) atoms. The lowest BCUT2D eigenvalue weighted by atomic mass is 10.0. The first kappa shape index (κ1) is 16.0. The molecule has 1 heterocycles. The molecule has 0 radical (unpaired) electrons. The van der Waals surface area contributed by atoms with E-state index in [4.69, 9.17) is 0 Å². The molecule has 4 nitrogen and oxygen atoms in total. The van der Waals surface area contributed by atoms with E-state index in [-0.39, 0.29) is 24.7 Å². The van der Waals surface area contributed by atoms with Gasteiger partial charge in [-0.3, -0.25) is 0 Å². The number of hydrogen-bond donors (Lipinski definition) is 3. The zero-order valence-corrected chi connectivity index (χ0v) is 12.7. The summed E-state index contributed by atoms with van der Waals surface area (Å²) in [5.74, 6) is 0.441. The van der Waals surface area contributed by atoms with Gasteiger partial charge < -0.3 is 15.7 Å². The second kappa shape index (κ2) is 8.17. The van der Waals surface area contributed by atoms with Crippen molar-refractivity contribution in [2.45, 2.75) is 45.7 Å². The summed E-state index contributed by atoms with van der Waals surface area (Å²) in [7, 11) is 0. The topological polar surface area (TPSA) is 61.4 Å². The van der Waals surface area contributed by atoms with Crippen LogP contribution in [0.2, 0.25) is 0 Å². The largest absolute Gasteiger partial charge is 0.394 e. The highest BCUT2D eigenvalue weighted by molar-refractivity contribution is 7.10. The van der Waals surface area contributed by atoms with Gasteiger partial charge in [-0.25, -0.2) is 4.79 Å². The number of rotatable bonds is 7. The van der Waals surface area contributed by atoms with E-state index in [9.17, 15) is 9.90 Å². The predicted molar refractivity (Wildman–Crippen MR) is 79.3 cm³/mol. The van der Waals surface area contributed by atoms with Crippen LogP contribution in [0.1, 0.15) is 44.5 Å². The Morgan fingerprint density at radius 3 is 2.63 bits per heavy atom. The molecule has 0 unspecified atom stereocenters. The predicted octanol–water partition coefficient (Wildman–Crippen LogP) is 2.91. The third-order valence-corrected chi connectivity index (χ3v) is 3.90. The molecule has 5 heteroatoms. The van der Waals surface area contributed by atoms with Crippen molar-refractivity contribution in [3.8, 4) is 0 Å². The average molecular weight is 284 g/mol. The summed E-state index contributed by atoms with van der Waals surface area (Å²) in [5, 5.41) is 17.1. The van der Waals surface area contributed by atoms with Crippen molar-refractivity contribution in [3.63, 3.8) is 0 Å². The Bertz CT molecular complexity index is 366. The van der Waals surface area contributed by atoms with Crippen LogP contribution in [0, 0.1) is 5.92 Å². The Morgan fingerprint density at radius 1 is 1.42 bits per heavy atom. The molecule has 0 aliphatic rings. The molecule has 0 fully saturated rings. The van der Waals surface area contributed by atoms with Gasteiger partial charge in [0.15, 0.2) is 0 Å². The zero-order chi connectivity index (χ0) is 14.3. The molecule has 0 aromatic carbocycles. The number of carbonyl (C=O) groups excluding carboxylic acids is 1. The van der Waals surface area contributed by atoms with Crippen LogP contribution in [0.3, 0.4) is 0 Å². The Labute approximate surface area is 119 Å². The fraction of sp³-hybridized carbons (Fsp3) is 0.643. The second-order valence-electron chi connectivity index (χ2n) is 5.10. The number of aliphatic hydroxyl groups excluding tert-OH is 1. The Morgan fingerprint density at radius 2 is 2.16 bits per heavy atom. The first-order valence-electron chi connectivity index (χ1n) is 6.78. The summed E-state index contributed by atoms with van der Waals surface area (Å²) >= 11 is 1.64. The van der Waals surface area contributed by atoms with Crippen LogP contribution in [-0.4, -0.2) is 23.8 Å². The quantitative estimate of drug-likeness (QED) is 0.721. The van der Waals surface area contributed by atoms with E-state index < -0.39 is 0 Å². The molecule has 108 valence electrons. The number of amides is 2. The van der Waals surface area contributed by atoms with Crippen molar-refractivity contribution in [3.05, 3.63) is 22.4 Å². The van der Waals surface area contributed by atoms with Crippen molar-refractivity contribution in [1.29, 1.82) is 0 Å². The lowest BCUT2D eigenvalue weighted by Gasteiger charge is -2.21. The number of aliphatic hydroxyl groups is 1. The normalized spacial score (nSPS) is 14.2. The van der Waals surface area contributed by atoms with Gasteiger partial charge in [0.05, 0.1) is 18.7 Å². The molecule has 0 aliphatic carbocycles. The maximum absolute atomic E-state index is 11.9. The highest BCUT2D eigenvalue weighted by atomic mass is 32.1. The van der Waals surface area contributed by atoms with E-state index in [2.05, 4.69) is 24.5 Å². The molecule has 0 aliphatic heterocycles.